The Hall–Kier alpha value is -3.39. The minimum Gasteiger partial charge on any atom is -0.506 e. The summed E-state index contributed by atoms with van der Waals surface area (Å²) in [5.41, 5.74) is 3.02. The first kappa shape index (κ1) is 22.9. The van der Waals surface area contributed by atoms with Crippen LogP contribution in [0, 0.1) is 0 Å². The van der Waals surface area contributed by atoms with Gasteiger partial charge in [-0.05, 0) is 43.7 Å². The van der Waals surface area contributed by atoms with Gasteiger partial charge in [-0.25, -0.2) is 5.48 Å². The molecule has 8 heteroatoms. The molecule has 0 aromatic heterocycles. The number of nitrogens with zero attached hydrogens (tertiary/aromatic N) is 2. The first-order valence-corrected chi connectivity index (χ1v) is 9.80. The summed E-state index contributed by atoms with van der Waals surface area (Å²) in [6, 6.07) is 13.4. The fourth-order valence-electron chi connectivity index (χ4n) is 3.09. The van der Waals surface area contributed by atoms with Crippen LogP contribution < -0.4 is 10.4 Å². The van der Waals surface area contributed by atoms with E-state index >= 15 is 0 Å². The summed E-state index contributed by atoms with van der Waals surface area (Å²) in [4.78, 5) is 39.9. The smallest absolute Gasteiger partial charge is 0.253 e. The van der Waals surface area contributed by atoms with Gasteiger partial charge in [0.1, 0.15) is 5.75 Å². The summed E-state index contributed by atoms with van der Waals surface area (Å²) < 4.78 is 0. The number of nitrogens with one attached hydrogen (secondary N) is 1. The molecule has 0 fully saturated rings. The van der Waals surface area contributed by atoms with Gasteiger partial charge in [-0.1, -0.05) is 24.3 Å². The molecular formula is C22H27N3O5. The normalized spacial score (nSPS) is 10.4. The van der Waals surface area contributed by atoms with Crippen LogP contribution in [-0.4, -0.2) is 46.0 Å². The first-order chi connectivity index (χ1) is 14.4. The van der Waals surface area contributed by atoms with Crippen molar-refractivity contribution in [2.45, 2.75) is 33.2 Å². The number of carbonyl (C=O) groups is 3. The Bertz CT molecular complexity index is 896. The highest BCUT2D eigenvalue weighted by atomic mass is 16.5. The summed E-state index contributed by atoms with van der Waals surface area (Å²) in [6.07, 6.45) is -0.349. The zero-order valence-electron chi connectivity index (χ0n) is 17.2. The summed E-state index contributed by atoms with van der Waals surface area (Å²) in [5, 5.41) is 18.9. The number of aromatic hydroxyl groups is 1. The molecular weight excluding hydrogens is 386 g/mol. The van der Waals surface area contributed by atoms with Crippen LogP contribution in [0.15, 0.2) is 48.5 Å². The van der Waals surface area contributed by atoms with E-state index < -0.39 is 11.8 Å². The number of para-hydroxylation sites is 2. The monoisotopic (exact) mass is 413 g/mol. The van der Waals surface area contributed by atoms with E-state index in [1.54, 1.807) is 47.4 Å². The van der Waals surface area contributed by atoms with Crippen LogP contribution in [0.2, 0.25) is 0 Å². The number of hydrogen-bond donors (Lipinski definition) is 3. The van der Waals surface area contributed by atoms with Crippen molar-refractivity contribution in [1.29, 1.82) is 0 Å². The molecule has 0 bridgehead atoms. The molecule has 0 aliphatic rings. The van der Waals surface area contributed by atoms with Gasteiger partial charge >= 0.3 is 0 Å². The van der Waals surface area contributed by atoms with Crippen molar-refractivity contribution in [1.82, 2.24) is 10.4 Å². The van der Waals surface area contributed by atoms with Crippen LogP contribution in [-0.2, 0) is 16.1 Å². The van der Waals surface area contributed by atoms with Crippen LogP contribution in [0.3, 0.4) is 0 Å². The Morgan fingerprint density at radius 3 is 2.30 bits per heavy atom. The van der Waals surface area contributed by atoms with Gasteiger partial charge in [0.15, 0.2) is 0 Å². The molecule has 0 atom stereocenters. The minimum absolute atomic E-state index is 0.0761. The van der Waals surface area contributed by atoms with E-state index in [2.05, 4.69) is 0 Å². The van der Waals surface area contributed by atoms with Gasteiger partial charge in [-0.2, -0.15) is 0 Å². The van der Waals surface area contributed by atoms with E-state index in [9.17, 15) is 19.5 Å². The molecule has 0 aliphatic carbocycles. The molecule has 3 amide bonds. The molecule has 0 heterocycles. The summed E-state index contributed by atoms with van der Waals surface area (Å²) in [6.45, 7) is 5.11. The van der Waals surface area contributed by atoms with E-state index in [0.29, 0.717) is 29.9 Å². The number of benzene rings is 2. The number of rotatable bonds is 9. The zero-order chi connectivity index (χ0) is 22.1. The molecule has 160 valence electrons. The van der Waals surface area contributed by atoms with Crippen molar-refractivity contribution in [3.8, 4) is 5.75 Å². The fraction of sp³-hybridized carbons (Fsp3) is 0.318. The van der Waals surface area contributed by atoms with E-state index in [1.165, 1.54) is 16.4 Å². The third-order valence-corrected chi connectivity index (χ3v) is 4.73. The lowest BCUT2D eigenvalue weighted by Gasteiger charge is -2.24. The van der Waals surface area contributed by atoms with Gasteiger partial charge in [-0.15, -0.1) is 0 Å². The lowest BCUT2D eigenvalue weighted by atomic mass is 10.1. The van der Waals surface area contributed by atoms with Crippen molar-refractivity contribution in [3.05, 3.63) is 59.7 Å². The molecule has 8 nitrogen and oxygen atoms in total. The standard InChI is InChI=1S/C22H27N3O5/c1-3-24(4-2)22(29)17-9-7-8-16(14-17)15-25(18-10-5-6-11-19(18)26)21(28)13-12-20(27)23-30/h5-11,14,26,30H,3-4,12-13,15H2,1-2H3,(H,23,27). The highest BCUT2D eigenvalue weighted by Crippen LogP contribution is 2.29. The Morgan fingerprint density at radius 1 is 0.967 bits per heavy atom. The van der Waals surface area contributed by atoms with E-state index in [-0.39, 0.29) is 31.0 Å². The molecule has 2 rings (SSSR count). The zero-order valence-corrected chi connectivity index (χ0v) is 17.2. The topological polar surface area (TPSA) is 110 Å². The largest absolute Gasteiger partial charge is 0.506 e. The summed E-state index contributed by atoms with van der Waals surface area (Å²) in [7, 11) is 0. The average Bonchev–Trinajstić information content (AvgIpc) is 2.77. The van der Waals surface area contributed by atoms with Crippen molar-refractivity contribution in [3.63, 3.8) is 0 Å². The third kappa shape index (κ3) is 5.81. The van der Waals surface area contributed by atoms with Crippen molar-refractivity contribution >= 4 is 23.4 Å². The van der Waals surface area contributed by atoms with Crippen molar-refractivity contribution in [2.75, 3.05) is 18.0 Å². The molecule has 2 aromatic rings. The predicted molar refractivity (Wildman–Crippen MR) is 112 cm³/mol. The maximum atomic E-state index is 12.8. The minimum atomic E-state index is -0.674. The number of anilines is 1. The Balaban J connectivity index is 2.31. The fourth-order valence-corrected chi connectivity index (χ4v) is 3.09. The van der Waals surface area contributed by atoms with Crippen LogP contribution >= 0.6 is 0 Å². The van der Waals surface area contributed by atoms with Crippen LogP contribution in [0.25, 0.3) is 0 Å². The van der Waals surface area contributed by atoms with Crippen LogP contribution in [0.1, 0.15) is 42.6 Å². The van der Waals surface area contributed by atoms with Gasteiger partial charge in [0.05, 0.1) is 12.2 Å². The van der Waals surface area contributed by atoms with Crippen molar-refractivity contribution < 1.29 is 24.7 Å². The highest BCUT2D eigenvalue weighted by molar-refractivity contribution is 5.97. The third-order valence-electron chi connectivity index (χ3n) is 4.73. The van der Waals surface area contributed by atoms with E-state index in [0.717, 1.165) is 0 Å². The lowest BCUT2D eigenvalue weighted by Crippen LogP contribution is -2.32. The maximum absolute atomic E-state index is 12.8. The number of hydrogen-bond acceptors (Lipinski definition) is 5. The molecule has 0 saturated heterocycles. The molecule has 2 aromatic carbocycles. The number of phenols is 1. The Kier molecular flexibility index (Phi) is 8.37. The molecule has 3 N–H and O–H groups in total. The predicted octanol–water partition coefficient (Wildman–Crippen LogP) is 2.69. The van der Waals surface area contributed by atoms with Gasteiger partial charge in [0, 0.05) is 31.5 Å². The Morgan fingerprint density at radius 2 is 1.67 bits per heavy atom. The highest BCUT2D eigenvalue weighted by Gasteiger charge is 2.21. The summed E-state index contributed by atoms with van der Waals surface area (Å²) >= 11 is 0. The molecule has 0 saturated carbocycles. The maximum Gasteiger partial charge on any atom is 0.253 e. The molecule has 0 radical (unpaired) electrons. The molecule has 30 heavy (non-hydrogen) atoms. The van der Waals surface area contributed by atoms with Crippen LogP contribution in [0.5, 0.6) is 5.75 Å². The lowest BCUT2D eigenvalue weighted by molar-refractivity contribution is -0.131. The van der Waals surface area contributed by atoms with Gasteiger partial charge in [0.2, 0.25) is 11.8 Å². The van der Waals surface area contributed by atoms with E-state index in [1.807, 2.05) is 13.8 Å². The first-order valence-electron chi connectivity index (χ1n) is 9.80. The quantitative estimate of drug-likeness (QED) is 0.432. The Labute approximate surface area is 175 Å². The number of phenolic OH excluding ortho intramolecular Hbond substituents is 1. The number of hydroxylamine groups is 1. The average molecular weight is 413 g/mol. The van der Waals surface area contributed by atoms with Gasteiger partial charge in [-0.3, -0.25) is 19.6 Å². The van der Waals surface area contributed by atoms with E-state index in [4.69, 9.17) is 5.21 Å². The SMILES string of the molecule is CCN(CC)C(=O)c1cccc(CN(C(=O)CCC(=O)NO)c2ccccc2O)c1. The second kappa shape index (κ2) is 11.0. The van der Waals surface area contributed by atoms with Gasteiger partial charge in [0.25, 0.3) is 5.91 Å². The molecule has 0 spiro atoms. The summed E-state index contributed by atoms with van der Waals surface area (Å²) in [5.74, 6) is -1.25. The van der Waals surface area contributed by atoms with Gasteiger partial charge < -0.3 is 14.9 Å². The van der Waals surface area contributed by atoms with Crippen molar-refractivity contribution in [2.24, 2.45) is 0 Å². The second-order valence-electron chi connectivity index (χ2n) is 6.68. The number of amides is 3. The van der Waals surface area contributed by atoms with Crippen LogP contribution in [0.4, 0.5) is 5.69 Å². The second-order valence-corrected chi connectivity index (χ2v) is 6.68. The number of carbonyl (C=O) groups excluding carboxylic acids is 3. The molecule has 0 aliphatic heterocycles. The molecule has 0 unspecified atom stereocenters.